The zero-order valence-corrected chi connectivity index (χ0v) is 18.3. The molecule has 2 aliphatic rings. The molecule has 164 valence electrons. The molecule has 2 fully saturated rings. The first-order chi connectivity index (χ1) is 14.8. The van der Waals surface area contributed by atoms with Gasteiger partial charge in [0.1, 0.15) is 5.69 Å². The van der Waals surface area contributed by atoms with Gasteiger partial charge in [-0.15, -0.1) is 4.31 Å². The topological polar surface area (TPSA) is 137 Å². The van der Waals surface area contributed by atoms with Crippen LogP contribution < -0.4 is 5.32 Å². The summed E-state index contributed by atoms with van der Waals surface area (Å²) in [4.78, 5) is 17.3. The fourth-order valence-electron chi connectivity index (χ4n) is 4.31. The Bertz CT molecular complexity index is 1210. The van der Waals surface area contributed by atoms with Gasteiger partial charge in [0.2, 0.25) is 4.90 Å². The van der Waals surface area contributed by atoms with E-state index in [0.717, 1.165) is 18.5 Å². The molecule has 1 saturated carbocycles. The molecule has 1 aliphatic heterocycles. The average Bonchev–Trinajstić information content (AvgIpc) is 3.15. The number of carbonyl (C=O) groups excluding carboxylic acids is 1. The van der Waals surface area contributed by atoms with E-state index in [1.54, 1.807) is 20.9 Å². The van der Waals surface area contributed by atoms with Gasteiger partial charge in [-0.1, -0.05) is 14.5 Å². The first-order valence-corrected chi connectivity index (χ1v) is 11.7. The highest BCUT2D eigenvalue weighted by Crippen LogP contribution is 2.42. The molecule has 4 heterocycles. The molecule has 2 unspecified atom stereocenters. The van der Waals surface area contributed by atoms with Crippen LogP contribution >= 0.6 is 0 Å². The Hall–Kier alpha value is -2.63. The van der Waals surface area contributed by atoms with Crippen molar-refractivity contribution in [2.75, 3.05) is 20.1 Å². The molecule has 0 spiro atoms. The van der Waals surface area contributed by atoms with E-state index in [9.17, 15) is 13.6 Å². The van der Waals surface area contributed by atoms with Gasteiger partial charge in [-0.25, -0.2) is 4.98 Å². The highest BCUT2D eigenvalue weighted by molar-refractivity contribution is 7.95. The van der Waals surface area contributed by atoms with Crippen LogP contribution in [0.1, 0.15) is 64.3 Å². The molecule has 1 aliphatic carbocycles. The predicted octanol–water partition coefficient (Wildman–Crippen LogP) is 2.46. The van der Waals surface area contributed by atoms with Gasteiger partial charge in [0.25, 0.3) is 11.6 Å². The van der Waals surface area contributed by atoms with Gasteiger partial charge in [-0.3, -0.25) is 4.79 Å². The van der Waals surface area contributed by atoms with Gasteiger partial charge in [0, 0.05) is 38.0 Å². The minimum absolute atomic E-state index is 0.111. The van der Waals surface area contributed by atoms with E-state index in [2.05, 4.69) is 20.6 Å². The Labute approximate surface area is 179 Å². The zero-order chi connectivity index (χ0) is 21.9. The van der Waals surface area contributed by atoms with E-state index in [4.69, 9.17) is 9.05 Å². The van der Waals surface area contributed by atoms with Crippen molar-refractivity contribution in [3.63, 3.8) is 0 Å². The van der Waals surface area contributed by atoms with Crippen molar-refractivity contribution in [1.29, 1.82) is 0 Å². The van der Waals surface area contributed by atoms with Crippen molar-refractivity contribution in [2.24, 2.45) is 0 Å². The van der Waals surface area contributed by atoms with Crippen LogP contribution in [0.2, 0.25) is 0 Å². The normalized spacial score (nSPS) is 21.5. The van der Waals surface area contributed by atoms with E-state index in [0.29, 0.717) is 46.9 Å². The summed E-state index contributed by atoms with van der Waals surface area (Å²) in [6.45, 7) is 3.76. The van der Waals surface area contributed by atoms with Gasteiger partial charge in [-0.05, 0) is 32.3 Å². The van der Waals surface area contributed by atoms with Gasteiger partial charge in [-0.2, -0.15) is 0 Å². The summed E-state index contributed by atoms with van der Waals surface area (Å²) in [5, 5.41) is 11.2. The molecule has 10 nitrogen and oxygen atoms in total. The van der Waals surface area contributed by atoms with Crippen LogP contribution in [0.4, 0.5) is 0 Å². The number of nitrogens with zero attached hydrogens (tertiary/aromatic N) is 4. The standard InChI is InChI=1S/C20H23N5O5S/c1-10-18(11(2)29-23-10)31(27,28)25-7-6-13(9-25)17-16-14(19(26)21-3)8-15(12-4-5-12)22-20(16)30-24-17/h8,12-13H,4-7,9H2,1-3H3,(H-,21,26,27,28). The molecule has 1 amide bonds. The summed E-state index contributed by atoms with van der Waals surface area (Å²) in [6, 6.07) is 1.81. The number of aromatic nitrogens is 3. The van der Waals surface area contributed by atoms with Crippen LogP contribution in [0, 0.1) is 13.8 Å². The number of aryl methyl sites for hydroxylation is 2. The molecular weight excluding hydrogens is 422 g/mol. The number of carbonyl (C=O) groups is 1. The summed E-state index contributed by atoms with van der Waals surface area (Å²) in [6.07, 6.45) is 2.65. The number of nitrogens with one attached hydrogen (secondary N) is 1. The molecule has 3 aromatic heterocycles. The fraction of sp³-hybridized carbons (Fsp3) is 0.500. The maximum absolute atomic E-state index is 13.2. The molecule has 31 heavy (non-hydrogen) atoms. The Morgan fingerprint density at radius 1 is 1.23 bits per heavy atom. The van der Waals surface area contributed by atoms with Gasteiger partial charge in [0.05, 0.1) is 23.2 Å². The summed E-state index contributed by atoms with van der Waals surface area (Å²) >= 11 is 0. The minimum atomic E-state index is -3.75. The van der Waals surface area contributed by atoms with Gasteiger partial charge < -0.3 is 18.9 Å². The monoisotopic (exact) mass is 445 g/mol. The molecule has 0 aromatic carbocycles. The molecule has 0 radical (unpaired) electrons. The second-order valence-corrected chi connectivity index (χ2v) is 10.1. The van der Waals surface area contributed by atoms with Crippen LogP contribution in [0.3, 0.4) is 0 Å². The third-order valence-electron chi connectivity index (χ3n) is 6.06. The van der Waals surface area contributed by atoms with E-state index in [-0.39, 0.29) is 29.0 Å². The van der Waals surface area contributed by atoms with Crippen LogP contribution in [-0.2, 0) is 14.6 Å². The maximum Gasteiger partial charge on any atom is 0.259 e. The summed E-state index contributed by atoms with van der Waals surface area (Å²) < 4.78 is 38.3. The first kappa shape index (κ1) is 20.3. The maximum atomic E-state index is 13.2. The van der Waals surface area contributed by atoms with Crippen molar-refractivity contribution in [3.05, 3.63) is 34.5 Å². The van der Waals surface area contributed by atoms with Crippen molar-refractivity contribution < 1.29 is 22.6 Å². The largest absolute Gasteiger partial charge is 0.593 e. The van der Waals surface area contributed by atoms with Gasteiger partial charge in [0.15, 0.2) is 16.2 Å². The fourth-order valence-corrected chi connectivity index (χ4v) is 6.11. The summed E-state index contributed by atoms with van der Waals surface area (Å²) in [5.74, 6) is 0.167. The Balaban J connectivity index is 1.51. The SMILES string of the molecule is CNC(=O)c1cc(C2CC2)nc2onc(C3CCN([S+](=O)([O-])c4c(C)noc4C)C3)c12. The third kappa shape index (κ3) is 3.27. The lowest BCUT2D eigenvalue weighted by atomic mass is 9.98. The smallest absolute Gasteiger partial charge is 0.259 e. The Morgan fingerprint density at radius 2 is 2.00 bits per heavy atom. The number of hydrogen-bond acceptors (Lipinski definition) is 8. The summed E-state index contributed by atoms with van der Waals surface area (Å²) in [5.41, 5.74) is 2.54. The van der Waals surface area contributed by atoms with Crippen LogP contribution in [0.25, 0.3) is 11.1 Å². The minimum Gasteiger partial charge on any atom is -0.593 e. The van der Waals surface area contributed by atoms with Crippen molar-refractivity contribution >= 4 is 27.4 Å². The number of fused-ring (bicyclic) bond motifs is 1. The highest BCUT2D eigenvalue weighted by Gasteiger charge is 2.43. The number of amides is 1. The highest BCUT2D eigenvalue weighted by atomic mass is 32.3. The number of rotatable bonds is 5. The molecule has 1 N–H and O–H groups in total. The molecule has 11 heteroatoms. The summed E-state index contributed by atoms with van der Waals surface area (Å²) in [7, 11) is -2.18. The predicted molar refractivity (Wildman–Crippen MR) is 109 cm³/mol. The quantitative estimate of drug-likeness (QED) is 0.591. The molecule has 3 aromatic rings. The molecule has 2 atom stereocenters. The third-order valence-corrected chi connectivity index (χ3v) is 8.17. The molecular formula is C20H23N5O5S. The van der Waals surface area contributed by atoms with Crippen molar-refractivity contribution in [1.82, 2.24) is 24.9 Å². The van der Waals surface area contributed by atoms with E-state index in [1.165, 1.54) is 4.31 Å². The molecule has 5 rings (SSSR count). The lowest BCUT2D eigenvalue weighted by Crippen LogP contribution is -2.35. The Kier molecular flexibility index (Phi) is 4.72. The lowest BCUT2D eigenvalue weighted by Gasteiger charge is -2.22. The van der Waals surface area contributed by atoms with E-state index >= 15 is 0 Å². The lowest BCUT2D eigenvalue weighted by molar-refractivity contribution is 0.0964. The number of sulfonamides is 1. The first-order valence-electron chi connectivity index (χ1n) is 10.3. The second-order valence-electron chi connectivity index (χ2n) is 8.20. The van der Waals surface area contributed by atoms with E-state index in [1.807, 2.05) is 6.07 Å². The van der Waals surface area contributed by atoms with Crippen molar-refractivity contribution in [2.45, 2.75) is 49.8 Å². The number of hydrogen-bond donors (Lipinski definition) is 1. The number of pyridine rings is 1. The zero-order valence-electron chi connectivity index (χ0n) is 17.5. The van der Waals surface area contributed by atoms with Crippen LogP contribution in [0.5, 0.6) is 0 Å². The molecule has 0 bridgehead atoms. The van der Waals surface area contributed by atoms with E-state index < -0.39 is 10.4 Å². The second kappa shape index (κ2) is 7.21. The van der Waals surface area contributed by atoms with Crippen LogP contribution in [0.15, 0.2) is 20.0 Å². The van der Waals surface area contributed by atoms with Crippen LogP contribution in [-0.4, -0.2) is 50.2 Å². The van der Waals surface area contributed by atoms with Gasteiger partial charge >= 0.3 is 0 Å². The average molecular weight is 446 g/mol. The molecule has 1 saturated heterocycles. The Morgan fingerprint density at radius 3 is 2.65 bits per heavy atom. The van der Waals surface area contributed by atoms with Crippen molar-refractivity contribution in [3.8, 4) is 0 Å².